The highest BCUT2D eigenvalue weighted by molar-refractivity contribution is 7.21. The Balaban J connectivity index is 1.86. The molecule has 0 saturated carbocycles. The fraction of sp³-hybridized carbons (Fsp3) is 0.133. The van der Waals surface area contributed by atoms with Crippen LogP contribution in [0.25, 0.3) is 10.1 Å². The quantitative estimate of drug-likeness (QED) is 0.776. The highest BCUT2D eigenvalue weighted by Crippen LogP contribution is 2.34. The summed E-state index contributed by atoms with van der Waals surface area (Å²) in [4.78, 5) is 12.8. The van der Waals surface area contributed by atoms with Gasteiger partial charge in [0.05, 0.1) is 18.2 Å². The SMILES string of the molecule is Cc1ccc2sc(C(=O)NCc3ccoc3)c(N)c2c1. The van der Waals surface area contributed by atoms with Crippen LogP contribution in [0.3, 0.4) is 0 Å². The molecule has 1 aromatic carbocycles. The summed E-state index contributed by atoms with van der Waals surface area (Å²) in [5.74, 6) is -0.150. The Morgan fingerprint density at radius 2 is 2.25 bits per heavy atom. The first-order valence-corrected chi connectivity index (χ1v) is 7.04. The number of carbonyl (C=O) groups excluding carboxylic acids is 1. The van der Waals surface area contributed by atoms with E-state index in [1.165, 1.54) is 11.3 Å². The van der Waals surface area contributed by atoms with Gasteiger partial charge in [-0.2, -0.15) is 0 Å². The summed E-state index contributed by atoms with van der Waals surface area (Å²) in [5, 5.41) is 3.80. The number of hydrogen-bond donors (Lipinski definition) is 2. The third kappa shape index (κ3) is 2.28. The van der Waals surface area contributed by atoms with Crippen LogP contribution < -0.4 is 11.1 Å². The molecular formula is C15H14N2O2S. The van der Waals surface area contributed by atoms with Crippen molar-refractivity contribution in [1.82, 2.24) is 5.32 Å². The van der Waals surface area contributed by atoms with Gasteiger partial charge in [0.1, 0.15) is 4.88 Å². The van der Waals surface area contributed by atoms with E-state index in [-0.39, 0.29) is 5.91 Å². The first kappa shape index (κ1) is 12.7. The fourth-order valence-electron chi connectivity index (χ4n) is 2.06. The highest BCUT2D eigenvalue weighted by atomic mass is 32.1. The first-order valence-electron chi connectivity index (χ1n) is 6.23. The average Bonchev–Trinajstić information content (AvgIpc) is 3.05. The van der Waals surface area contributed by atoms with E-state index in [0.717, 1.165) is 21.2 Å². The summed E-state index contributed by atoms with van der Waals surface area (Å²) in [6.07, 6.45) is 3.19. The van der Waals surface area contributed by atoms with Crippen LogP contribution in [0.5, 0.6) is 0 Å². The zero-order valence-electron chi connectivity index (χ0n) is 11.0. The Bertz CT molecular complexity index is 760. The Morgan fingerprint density at radius 3 is 3.00 bits per heavy atom. The summed E-state index contributed by atoms with van der Waals surface area (Å²) >= 11 is 1.42. The molecule has 0 fully saturated rings. The molecule has 3 aromatic rings. The molecule has 1 amide bonds. The van der Waals surface area contributed by atoms with Gasteiger partial charge in [-0.15, -0.1) is 11.3 Å². The van der Waals surface area contributed by atoms with Gasteiger partial charge >= 0.3 is 0 Å². The van der Waals surface area contributed by atoms with E-state index in [0.29, 0.717) is 17.1 Å². The molecule has 0 aliphatic rings. The average molecular weight is 286 g/mol. The fourth-order valence-corrected chi connectivity index (χ4v) is 3.07. The number of hydrogen-bond acceptors (Lipinski definition) is 4. The minimum Gasteiger partial charge on any atom is -0.472 e. The maximum absolute atomic E-state index is 12.2. The van der Waals surface area contributed by atoms with Crippen LogP contribution in [0.4, 0.5) is 5.69 Å². The lowest BCUT2D eigenvalue weighted by molar-refractivity contribution is 0.0956. The van der Waals surface area contributed by atoms with E-state index in [4.69, 9.17) is 10.2 Å². The Hall–Kier alpha value is -2.27. The molecule has 0 atom stereocenters. The predicted molar refractivity (Wildman–Crippen MR) is 80.9 cm³/mol. The largest absolute Gasteiger partial charge is 0.472 e. The van der Waals surface area contributed by atoms with Gasteiger partial charge < -0.3 is 15.5 Å². The van der Waals surface area contributed by atoms with Crippen LogP contribution in [0, 0.1) is 6.92 Å². The third-order valence-corrected chi connectivity index (χ3v) is 4.31. The van der Waals surface area contributed by atoms with E-state index in [2.05, 4.69) is 5.32 Å². The molecule has 0 unspecified atom stereocenters. The van der Waals surface area contributed by atoms with Gasteiger partial charge in [0.25, 0.3) is 5.91 Å². The maximum atomic E-state index is 12.2. The highest BCUT2D eigenvalue weighted by Gasteiger charge is 2.16. The zero-order chi connectivity index (χ0) is 14.1. The number of amides is 1. The second-order valence-corrected chi connectivity index (χ2v) is 5.71. The molecule has 3 N–H and O–H groups in total. The summed E-state index contributed by atoms with van der Waals surface area (Å²) in [6.45, 7) is 2.44. The molecule has 0 bridgehead atoms. The van der Waals surface area contributed by atoms with Gasteiger partial charge in [-0.3, -0.25) is 4.79 Å². The van der Waals surface area contributed by atoms with Crippen molar-refractivity contribution < 1.29 is 9.21 Å². The molecule has 2 heterocycles. The van der Waals surface area contributed by atoms with Crippen molar-refractivity contribution in [1.29, 1.82) is 0 Å². The molecule has 3 rings (SSSR count). The lowest BCUT2D eigenvalue weighted by Crippen LogP contribution is -2.22. The molecule has 0 aliphatic heterocycles. The molecule has 2 aromatic heterocycles. The van der Waals surface area contributed by atoms with Crippen molar-refractivity contribution in [3.05, 3.63) is 52.8 Å². The second kappa shape index (κ2) is 5.02. The van der Waals surface area contributed by atoms with Gasteiger partial charge in [-0.25, -0.2) is 0 Å². The number of aryl methyl sites for hydroxylation is 1. The number of rotatable bonds is 3. The van der Waals surface area contributed by atoms with Crippen molar-refractivity contribution in [3.63, 3.8) is 0 Å². The summed E-state index contributed by atoms with van der Waals surface area (Å²) < 4.78 is 5.99. The van der Waals surface area contributed by atoms with Crippen molar-refractivity contribution >= 4 is 33.0 Å². The van der Waals surface area contributed by atoms with Crippen molar-refractivity contribution in [3.8, 4) is 0 Å². The van der Waals surface area contributed by atoms with E-state index in [9.17, 15) is 4.79 Å². The molecule has 0 aliphatic carbocycles. The van der Waals surface area contributed by atoms with Gasteiger partial charge in [0.15, 0.2) is 0 Å². The van der Waals surface area contributed by atoms with Gasteiger partial charge in [-0.05, 0) is 25.1 Å². The van der Waals surface area contributed by atoms with E-state index in [1.54, 1.807) is 12.5 Å². The number of fused-ring (bicyclic) bond motifs is 1. The van der Waals surface area contributed by atoms with E-state index in [1.807, 2.05) is 31.2 Å². The van der Waals surface area contributed by atoms with Crippen LogP contribution in [0.1, 0.15) is 20.8 Å². The Labute approximate surface area is 120 Å². The zero-order valence-corrected chi connectivity index (χ0v) is 11.8. The Kier molecular flexibility index (Phi) is 3.20. The molecule has 0 spiro atoms. The van der Waals surface area contributed by atoms with Crippen LogP contribution in [-0.2, 0) is 6.54 Å². The number of nitrogens with one attached hydrogen (secondary N) is 1. The van der Waals surface area contributed by atoms with Crippen LogP contribution >= 0.6 is 11.3 Å². The third-order valence-electron chi connectivity index (χ3n) is 3.12. The number of furan rings is 1. The minimum absolute atomic E-state index is 0.150. The summed E-state index contributed by atoms with van der Waals surface area (Å²) in [5.41, 5.74) is 8.70. The first-order chi connectivity index (χ1) is 9.65. The normalized spacial score (nSPS) is 10.8. The van der Waals surface area contributed by atoms with E-state index < -0.39 is 0 Å². The molecular weight excluding hydrogens is 272 g/mol. The summed E-state index contributed by atoms with van der Waals surface area (Å²) in [7, 11) is 0. The molecule has 102 valence electrons. The second-order valence-electron chi connectivity index (χ2n) is 4.66. The van der Waals surface area contributed by atoms with Crippen molar-refractivity contribution in [2.75, 3.05) is 5.73 Å². The minimum atomic E-state index is -0.150. The molecule has 20 heavy (non-hydrogen) atoms. The summed E-state index contributed by atoms with van der Waals surface area (Å²) in [6, 6.07) is 7.84. The number of nitrogens with two attached hydrogens (primary N) is 1. The maximum Gasteiger partial charge on any atom is 0.263 e. The van der Waals surface area contributed by atoms with Gasteiger partial charge in [0.2, 0.25) is 0 Å². The number of nitrogen functional groups attached to an aromatic ring is 1. The lowest BCUT2D eigenvalue weighted by Gasteiger charge is -2.02. The predicted octanol–water partition coefficient (Wildman–Crippen LogP) is 3.31. The molecule has 5 heteroatoms. The number of thiophene rings is 1. The number of anilines is 1. The lowest BCUT2D eigenvalue weighted by atomic mass is 10.1. The van der Waals surface area contributed by atoms with Crippen LogP contribution in [0.15, 0.2) is 41.2 Å². The monoisotopic (exact) mass is 286 g/mol. The number of carbonyl (C=O) groups is 1. The Morgan fingerprint density at radius 1 is 1.40 bits per heavy atom. The van der Waals surface area contributed by atoms with Crippen molar-refractivity contribution in [2.24, 2.45) is 0 Å². The van der Waals surface area contributed by atoms with Crippen LogP contribution in [0.2, 0.25) is 0 Å². The molecule has 0 radical (unpaired) electrons. The standard InChI is InChI=1S/C15H14N2O2S/c1-9-2-3-12-11(6-9)13(16)14(20-12)15(18)17-7-10-4-5-19-8-10/h2-6,8H,7,16H2,1H3,(H,17,18). The molecule has 4 nitrogen and oxygen atoms in total. The van der Waals surface area contributed by atoms with Crippen LogP contribution in [-0.4, -0.2) is 5.91 Å². The van der Waals surface area contributed by atoms with E-state index >= 15 is 0 Å². The number of benzene rings is 1. The van der Waals surface area contributed by atoms with Crippen molar-refractivity contribution in [2.45, 2.75) is 13.5 Å². The van der Waals surface area contributed by atoms with Gasteiger partial charge in [0, 0.05) is 22.2 Å². The van der Waals surface area contributed by atoms with Gasteiger partial charge in [-0.1, -0.05) is 11.6 Å². The molecule has 0 saturated heterocycles. The topological polar surface area (TPSA) is 68.3 Å². The smallest absolute Gasteiger partial charge is 0.263 e.